The molecule has 0 radical (unpaired) electrons. The molecule has 1 unspecified atom stereocenters. The van der Waals surface area contributed by atoms with Gasteiger partial charge in [0.1, 0.15) is 0 Å². The predicted octanol–water partition coefficient (Wildman–Crippen LogP) is 2.94. The minimum Gasteiger partial charge on any atom is -0.341 e. The van der Waals surface area contributed by atoms with Crippen LogP contribution in [0.5, 0.6) is 0 Å². The first-order valence-corrected chi connectivity index (χ1v) is 9.56. The van der Waals surface area contributed by atoms with Crippen molar-refractivity contribution in [2.75, 3.05) is 26.2 Å². The number of nitrogens with two attached hydrogens (primary N) is 1. The van der Waals surface area contributed by atoms with Crippen LogP contribution in [0.3, 0.4) is 0 Å². The number of hydrogen-bond donors (Lipinski definition) is 1. The monoisotopic (exact) mass is 329 g/mol. The fourth-order valence-corrected chi connectivity index (χ4v) is 4.13. The zero-order valence-electron chi connectivity index (χ0n) is 14.7. The third-order valence-electron chi connectivity index (χ3n) is 5.60. The Bertz CT molecular complexity index is 513. The predicted molar refractivity (Wildman–Crippen MR) is 97.6 cm³/mol. The van der Waals surface area contributed by atoms with E-state index < -0.39 is 0 Å². The number of nitrogens with zero attached hydrogens (tertiary/aromatic N) is 2. The highest BCUT2D eigenvalue weighted by Gasteiger charge is 2.25. The highest BCUT2D eigenvalue weighted by atomic mass is 16.2. The summed E-state index contributed by atoms with van der Waals surface area (Å²) in [6.45, 7) is 3.90. The molecule has 4 heteroatoms. The minimum absolute atomic E-state index is 0.198. The maximum Gasteiger partial charge on any atom is 0.224 e. The summed E-state index contributed by atoms with van der Waals surface area (Å²) in [5.41, 5.74) is 7.27. The fraction of sp³-hybridized carbons (Fsp3) is 0.650. The third-order valence-corrected chi connectivity index (χ3v) is 5.60. The Morgan fingerprint density at radius 3 is 2.50 bits per heavy atom. The van der Waals surface area contributed by atoms with Crippen molar-refractivity contribution in [1.29, 1.82) is 0 Å². The van der Waals surface area contributed by atoms with Gasteiger partial charge < -0.3 is 10.6 Å². The van der Waals surface area contributed by atoms with Crippen LogP contribution < -0.4 is 5.73 Å². The zero-order valence-corrected chi connectivity index (χ0v) is 14.7. The second-order valence-corrected chi connectivity index (χ2v) is 7.28. The molecule has 0 aromatic heterocycles. The van der Waals surface area contributed by atoms with Gasteiger partial charge in [-0.05, 0) is 24.8 Å². The van der Waals surface area contributed by atoms with Crippen molar-refractivity contribution in [3.05, 3.63) is 35.9 Å². The number of benzene rings is 1. The Morgan fingerprint density at radius 1 is 1.00 bits per heavy atom. The third kappa shape index (κ3) is 4.58. The molecule has 1 saturated heterocycles. The van der Waals surface area contributed by atoms with Gasteiger partial charge in [0.05, 0.1) is 0 Å². The summed E-state index contributed by atoms with van der Waals surface area (Å²) < 4.78 is 0. The summed E-state index contributed by atoms with van der Waals surface area (Å²) in [7, 11) is 0. The van der Waals surface area contributed by atoms with Gasteiger partial charge in [0.25, 0.3) is 0 Å². The van der Waals surface area contributed by atoms with Gasteiger partial charge in [-0.1, -0.05) is 49.6 Å². The first-order chi connectivity index (χ1) is 11.7. The lowest BCUT2D eigenvalue weighted by Crippen LogP contribution is -2.40. The molecule has 1 saturated carbocycles. The van der Waals surface area contributed by atoms with Crippen LogP contribution in [0.25, 0.3) is 0 Å². The van der Waals surface area contributed by atoms with Crippen LogP contribution in [0.4, 0.5) is 0 Å². The molecule has 1 amide bonds. The largest absolute Gasteiger partial charge is 0.341 e. The van der Waals surface area contributed by atoms with Gasteiger partial charge in [0.2, 0.25) is 5.91 Å². The quantitative estimate of drug-likeness (QED) is 0.924. The molecule has 3 rings (SSSR count). The van der Waals surface area contributed by atoms with E-state index in [0.29, 0.717) is 6.42 Å². The molecule has 2 N–H and O–H groups in total. The lowest BCUT2D eigenvalue weighted by molar-refractivity contribution is -0.131. The maximum absolute atomic E-state index is 12.6. The first kappa shape index (κ1) is 17.4. The van der Waals surface area contributed by atoms with E-state index >= 15 is 0 Å². The van der Waals surface area contributed by atoms with Gasteiger partial charge in [0.15, 0.2) is 0 Å². The topological polar surface area (TPSA) is 49.6 Å². The van der Waals surface area contributed by atoms with Crippen molar-refractivity contribution < 1.29 is 4.79 Å². The van der Waals surface area contributed by atoms with E-state index in [0.717, 1.165) is 44.2 Å². The first-order valence-electron chi connectivity index (χ1n) is 9.56. The highest BCUT2D eigenvalue weighted by molar-refractivity contribution is 5.77. The van der Waals surface area contributed by atoms with E-state index in [1.54, 1.807) is 0 Å². The molecule has 1 heterocycles. The summed E-state index contributed by atoms with van der Waals surface area (Å²) in [5.74, 6) is 0.205. The van der Waals surface area contributed by atoms with Gasteiger partial charge in [-0.2, -0.15) is 0 Å². The average molecular weight is 329 g/mol. The molecular formula is C20H31N3O. The van der Waals surface area contributed by atoms with Crippen LogP contribution in [-0.2, 0) is 4.79 Å². The highest BCUT2D eigenvalue weighted by Crippen LogP contribution is 2.24. The van der Waals surface area contributed by atoms with E-state index in [2.05, 4.69) is 4.90 Å². The van der Waals surface area contributed by atoms with Crippen molar-refractivity contribution in [3.63, 3.8) is 0 Å². The Morgan fingerprint density at radius 2 is 1.75 bits per heavy atom. The maximum atomic E-state index is 12.6. The summed E-state index contributed by atoms with van der Waals surface area (Å²) in [4.78, 5) is 17.3. The number of carbonyl (C=O) groups excluding carboxylic acids is 1. The average Bonchev–Trinajstić information content (AvgIpc) is 2.89. The number of amides is 1. The second kappa shape index (κ2) is 8.63. The van der Waals surface area contributed by atoms with Crippen LogP contribution in [-0.4, -0.2) is 47.9 Å². The van der Waals surface area contributed by atoms with Crippen LogP contribution in [0.1, 0.15) is 56.6 Å². The smallest absolute Gasteiger partial charge is 0.224 e. The molecule has 2 aliphatic rings. The molecule has 1 aliphatic heterocycles. The normalized spacial score (nSPS) is 22.1. The summed E-state index contributed by atoms with van der Waals surface area (Å²) in [5, 5.41) is 0. The number of hydrogen-bond acceptors (Lipinski definition) is 3. The summed E-state index contributed by atoms with van der Waals surface area (Å²) in [6, 6.07) is 10.5. The van der Waals surface area contributed by atoms with E-state index in [1.165, 1.54) is 32.1 Å². The van der Waals surface area contributed by atoms with Crippen LogP contribution in [0, 0.1) is 0 Å². The summed E-state index contributed by atoms with van der Waals surface area (Å²) >= 11 is 0. The van der Waals surface area contributed by atoms with Crippen molar-refractivity contribution in [3.8, 4) is 0 Å². The summed E-state index contributed by atoms with van der Waals surface area (Å²) in [6.07, 6.45) is 8.31. The molecule has 24 heavy (non-hydrogen) atoms. The Kier molecular flexibility index (Phi) is 6.27. The zero-order chi connectivity index (χ0) is 16.8. The molecule has 0 spiro atoms. The molecule has 0 bridgehead atoms. The van der Waals surface area contributed by atoms with Gasteiger partial charge in [-0.25, -0.2) is 0 Å². The van der Waals surface area contributed by atoms with E-state index in [-0.39, 0.29) is 11.9 Å². The van der Waals surface area contributed by atoms with Crippen molar-refractivity contribution in [2.24, 2.45) is 5.73 Å². The molecule has 1 atom stereocenters. The molecular weight excluding hydrogens is 298 g/mol. The second-order valence-electron chi connectivity index (χ2n) is 7.28. The molecule has 1 aromatic rings. The molecule has 1 aliphatic carbocycles. The Labute approximate surface area is 146 Å². The number of rotatable bonds is 4. The molecule has 1 aromatic carbocycles. The standard InChI is InChI=1S/C20H31N3O/c21-19(17-8-3-1-4-9-17)16-20(24)23-13-7-12-22(14-15-23)18-10-5-2-6-11-18/h1,3-4,8-9,18-19H,2,5-7,10-16,21H2. The van der Waals surface area contributed by atoms with Gasteiger partial charge in [-0.3, -0.25) is 9.69 Å². The van der Waals surface area contributed by atoms with E-state index in [4.69, 9.17) is 5.73 Å². The SMILES string of the molecule is NC(CC(=O)N1CCCN(C2CCCCC2)CC1)c1ccccc1. The van der Waals surface area contributed by atoms with Crippen LogP contribution in [0.2, 0.25) is 0 Å². The Hall–Kier alpha value is -1.39. The lowest BCUT2D eigenvalue weighted by atomic mass is 9.94. The molecule has 132 valence electrons. The van der Waals surface area contributed by atoms with E-state index in [1.807, 2.05) is 35.2 Å². The van der Waals surface area contributed by atoms with E-state index in [9.17, 15) is 4.79 Å². The van der Waals surface area contributed by atoms with Crippen molar-refractivity contribution in [2.45, 2.75) is 57.0 Å². The van der Waals surface area contributed by atoms with Crippen molar-refractivity contribution in [1.82, 2.24) is 9.80 Å². The van der Waals surface area contributed by atoms with Crippen LogP contribution >= 0.6 is 0 Å². The molecule has 4 nitrogen and oxygen atoms in total. The Balaban J connectivity index is 1.50. The van der Waals surface area contributed by atoms with Gasteiger partial charge in [0, 0.05) is 44.7 Å². The number of carbonyl (C=O) groups is 1. The minimum atomic E-state index is -0.198. The van der Waals surface area contributed by atoms with Gasteiger partial charge >= 0.3 is 0 Å². The lowest BCUT2D eigenvalue weighted by Gasteiger charge is -2.33. The van der Waals surface area contributed by atoms with Crippen molar-refractivity contribution >= 4 is 5.91 Å². The van der Waals surface area contributed by atoms with Crippen LogP contribution in [0.15, 0.2) is 30.3 Å². The molecule has 2 fully saturated rings. The van der Waals surface area contributed by atoms with Gasteiger partial charge in [-0.15, -0.1) is 0 Å². The fourth-order valence-electron chi connectivity index (χ4n) is 4.13.